The van der Waals surface area contributed by atoms with Gasteiger partial charge >= 0.3 is 5.97 Å². The molecule has 0 aliphatic rings. The number of terminal acetylenes is 1. The van der Waals surface area contributed by atoms with Crippen LogP contribution in [0.2, 0.25) is 0 Å². The van der Waals surface area contributed by atoms with Crippen LogP contribution >= 0.6 is 11.8 Å². The molecule has 0 fully saturated rings. The van der Waals surface area contributed by atoms with Gasteiger partial charge in [0.1, 0.15) is 0 Å². The fourth-order valence-corrected chi connectivity index (χ4v) is 2.22. The highest BCUT2D eigenvalue weighted by Gasteiger charge is 2.13. The Bertz CT molecular complexity index is 429. The quantitative estimate of drug-likeness (QED) is 0.630. The van der Waals surface area contributed by atoms with Gasteiger partial charge in [-0.25, -0.2) is 4.79 Å². The van der Waals surface area contributed by atoms with Crippen LogP contribution in [0, 0.1) is 26.2 Å². The lowest BCUT2D eigenvalue weighted by Gasteiger charge is -2.08. The fraction of sp³-hybridized carbons (Fsp3) is 0.417. The van der Waals surface area contributed by atoms with Crippen molar-refractivity contribution in [2.45, 2.75) is 20.4 Å². The first-order valence-electron chi connectivity index (χ1n) is 4.99. The number of aromatic carboxylic acids is 1. The van der Waals surface area contributed by atoms with Gasteiger partial charge in [0.2, 0.25) is 0 Å². The first-order valence-corrected chi connectivity index (χ1v) is 6.14. The van der Waals surface area contributed by atoms with E-state index in [9.17, 15) is 4.79 Å². The van der Waals surface area contributed by atoms with Crippen molar-refractivity contribution in [3.63, 3.8) is 0 Å². The molecule has 0 saturated heterocycles. The van der Waals surface area contributed by atoms with Crippen LogP contribution in [0.5, 0.6) is 0 Å². The van der Waals surface area contributed by atoms with Gasteiger partial charge in [0.05, 0.1) is 11.3 Å². The van der Waals surface area contributed by atoms with Crippen molar-refractivity contribution in [3.8, 4) is 12.3 Å². The maximum atomic E-state index is 10.9. The Morgan fingerprint density at radius 1 is 1.62 bits per heavy atom. The molecule has 0 aliphatic carbocycles. The molecule has 1 rings (SSSR count). The number of hydrogen-bond acceptors (Lipinski definition) is 2. The van der Waals surface area contributed by atoms with Gasteiger partial charge < -0.3 is 9.67 Å². The van der Waals surface area contributed by atoms with Crippen molar-refractivity contribution < 1.29 is 9.90 Å². The molecule has 16 heavy (non-hydrogen) atoms. The number of carboxylic acid groups (broad SMARTS) is 1. The largest absolute Gasteiger partial charge is 0.478 e. The molecule has 3 nitrogen and oxygen atoms in total. The van der Waals surface area contributed by atoms with Crippen molar-refractivity contribution in [1.82, 2.24) is 4.57 Å². The Morgan fingerprint density at radius 3 is 2.81 bits per heavy atom. The molecule has 1 aromatic rings. The monoisotopic (exact) mass is 237 g/mol. The second-order valence-electron chi connectivity index (χ2n) is 3.50. The topological polar surface area (TPSA) is 42.2 Å². The lowest BCUT2D eigenvalue weighted by Crippen LogP contribution is -2.06. The van der Waals surface area contributed by atoms with E-state index in [1.807, 2.05) is 18.4 Å². The van der Waals surface area contributed by atoms with E-state index in [0.29, 0.717) is 11.3 Å². The van der Waals surface area contributed by atoms with Gasteiger partial charge in [-0.1, -0.05) is 5.92 Å². The molecule has 0 amide bonds. The lowest BCUT2D eigenvalue weighted by atomic mass is 10.2. The van der Waals surface area contributed by atoms with Crippen molar-refractivity contribution in [2.75, 3.05) is 11.5 Å². The molecule has 1 aromatic heterocycles. The molecular formula is C12H15NO2S. The third-order valence-electron chi connectivity index (χ3n) is 2.45. The van der Waals surface area contributed by atoms with Gasteiger partial charge in [0.25, 0.3) is 0 Å². The molecule has 0 unspecified atom stereocenters. The van der Waals surface area contributed by atoms with E-state index in [1.54, 1.807) is 17.8 Å². The van der Waals surface area contributed by atoms with E-state index >= 15 is 0 Å². The summed E-state index contributed by atoms with van der Waals surface area (Å²) in [6, 6.07) is 1.71. The molecule has 0 saturated carbocycles. The summed E-state index contributed by atoms with van der Waals surface area (Å²) in [6.45, 7) is 4.56. The number of hydrogen-bond donors (Lipinski definition) is 1. The number of aryl methyl sites for hydroxylation is 1. The molecule has 0 spiro atoms. The molecule has 0 aromatic carbocycles. The van der Waals surface area contributed by atoms with Gasteiger partial charge in [-0.15, -0.1) is 18.2 Å². The zero-order valence-corrected chi connectivity index (χ0v) is 10.3. The Morgan fingerprint density at radius 2 is 2.31 bits per heavy atom. The summed E-state index contributed by atoms with van der Waals surface area (Å²) < 4.78 is 2.02. The number of nitrogens with zero attached hydrogens (tertiary/aromatic N) is 1. The molecule has 0 bridgehead atoms. The predicted octanol–water partition coefficient (Wildman–Crippen LogP) is 2.17. The normalized spacial score (nSPS) is 10.1. The Hall–Kier alpha value is -1.34. The van der Waals surface area contributed by atoms with Crippen LogP contribution in [0.25, 0.3) is 0 Å². The summed E-state index contributed by atoms with van der Waals surface area (Å²) in [6.07, 6.45) is 5.16. The molecule has 0 radical (unpaired) electrons. The Kier molecular flexibility index (Phi) is 4.51. The van der Waals surface area contributed by atoms with Crippen LogP contribution in [0.1, 0.15) is 21.7 Å². The van der Waals surface area contributed by atoms with Crippen LogP contribution < -0.4 is 0 Å². The minimum absolute atomic E-state index is 0.388. The molecule has 0 atom stereocenters. The first-order chi connectivity index (χ1) is 7.57. The van der Waals surface area contributed by atoms with Crippen molar-refractivity contribution in [1.29, 1.82) is 0 Å². The van der Waals surface area contributed by atoms with Crippen molar-refractivity contribution in [3.05, 3.63) is 23.0 Å². The van der Waals surface area contributed by atoms with Gasteiger partial charge in [-0.05, 0) is 19.9 Å². The van der Waals surface area contributed by atoms with Crippen LogP contribution in [0.4, 0.5) is 0 Å². The molecule has 0 aliphatic heterocycles. The number of thioether (sulfide) groups is 1. The van der Waals surface area contributed by atoms with E-state index in [0.717, 1.165) is 23.7 Å². The summed E-state index contributed by atoms with van der Waals surface area (Å²) in [4.78, 5) is 10.9. The average Bonchev–Trinajstić information content (AvgIpc) is 2.51. The average molecular weight is 237 g/mol. The summed E-state index contributed by atoms with van der Waals surface area (Å²) in [7, 11) is 0. The second-order valence-corrected chi connectivity index (χ2v) is 4.60. The van der Waals surface area contributed by atoms with Gasteiger partial charge in [0.15, 0.2) is 0 Å². The fourth-order valence-electron chi connectivity index (χ4n) is 1.65. The molecule has 1 heterocycles. The van der Waals surface area contributed by atoms with E-state index in [4.69, 9.17) is 11.5 Å². The standard InChI is InChI=1S/C12H15NO2S/c1-4-6-16-7-5-13-9(2)8-11(10(13)3)12(14)15/h1,8H,5-7H2,2-3H3,(H,14,15). The van der Waals surface area contributed by atoms with Gasteiger partial charge in [-0.2, -0.15) is 0 Å². The Labute approximate surface area is 99.8 Å². The molecular weight excluding hydrogens is 222 g/mol. The van der Waals surface area contributed by atoms with E-state index in [2.05, 4.69) is 5.92 Å². The summed E-state index contributed by atoms with van der Waals surface area (Å²) in [5, 5.41) is 8.97. The molecule has 4 heteroatoms. The minimum Gasteiger partial charge on any atom is -0.478 e. The summed E-state index contributed by atoms with van der Waals surface area (Å²) >= 11 is 1.68. The zero-order chi connectivity index (χ0) is 12.1. The number of carbonyl (C=O) groups is 1. The number of rotatable bonds is 5. The van der Waals surface area contributed by atoms with Crippen LogP contribution in [-0.2, 0) is 6.54 Å². The first kappa shape index (κ1) is 12.7. The maximum absolute atomic E-state index is 10.9. The molecule has 86 valence electrons. The highest BCUT2D eigenvalue weighted by molar-refractivity contribution is 7.99. The highest BCUT2D eigenvalue weighted by Crippen LogP contribution is 2.15. The number of carboxylic acids is 1. The van der Waals surface area contributed by atoms with E-state index in [-0.39, 0.29) is 0 Å². The van der Waals surface area contributed by atoms with E-state index in [1.165, 1.54) is 0 Å². The van der Waals surface area contributed by atoms with Gasteiger partial charge in [0, 0.05) is 23.7 Å². The highest BCUT2D eigenvalue weighted by atomic mass is 32.2. The van der Waals surface area contributed by atoms with E-state index < -0.39 is 5.97 Å². The smallest absolute Gasteiger partial charge is 0.337 e. The zero-order valence-electron chi connectivity index (χ0n) is 9.49. The minimum atomic E-state index is -0.865. The van der Waals surface area contributed by atoms with Gasteiger partial charge in [-0.3, -0.25) is 0 Å². The third kappa shape index (κ3) is 2.83. The second kappa shape index (κ2) is 5.66. The van der Waals surface area contributed by atoms with Crippen LogP contribution in [0.3, 0.4) is 0 Å². The summed E-state index contributed by atoms with van der Waals surface area (Å²) in [5.74, 6) is 3.30. The maximum Gasteiger partial charge on any atom is 0.337 e. The Balaban J connectivity index is 2.73. The third-order valence-corrected chi connectivity index (χ3v) is 3.29. The molecule has 1 N–H and O–H groups in total. The van der Waals surface area contributed by atoms with Crippen molar-refractivity contribution in [2.24, 2.45) is 0 Å². The number of aromatic nitrogens is 1. The van der Waals surface area contributed by atoms with Crippen LogP contribution in [-0.4, -0.2) is 27.1 Å². The van der Waals surface area contributed by atoms with Crippen LogP contribution in [0.15, 0.2) is 6.07 Å². The SMILES string of the molecule is C#CCSCCn1c(C)cc(C(=O)O)c1C. The predicted molar refractivity (Wildman–Crippen MR) is 67.0 cm³/mol. The van der Waals surface area contributed by atoms with Crippen molar-refractivity contribution >= 4 is 17.7 Å². The summed E-state index contributed by atoms with van der Waals surface area (Å²) in [5.41, 5.74) is 2.18. The lowest BCUT2D eigenvalue weighted by molar-refractivity contribution is 0.0696.